The Morgan fingerprint density at radius 3 is 1.62 bits per heavy atom. The molecule has 0 aliphatic heterocycles. The van der Waals surface area contributed by atoms with Crippen LogP contribution in [0.3, 0.4) is 0 Å². The second-order valence-electron chi connectivity index (χ2n) is 5.64. The molecule has 24 heavy (non-hydrogen) atoms. The van der Waals surface area contributed by atoms with Gasteiger partial charge in [0.05, 0.1) is 12.5 Å². The Morgan fingerprint density at radius 2 is 1.29 bits per heavy atom. The summed E-state index contributed by atoms with van der Waals surface area (Å²) in [6.45, 7) is 0. The summed E-state index contributed by atoms with van der Waals surface area (Å²) < 4.78 is 37.8. The first-order valence-electron chi connectivity index (χ1n) is 7.12. The van der Waals surface area contributed by atoms with Gasteiger partial charge in [0.1, 0.15) is 0 Å². The van der Waals surface area contributed by atoms with Crippen molar-refractivity contribution in [2.75, 3.05) is 12.0 Å². The first-order valence-corrected chi connectivity index (χ1v) is 10.1. The summed E-state index contributed by atoms with van der Waals surface area (Å²) >= 11 is 11.8. The molecule has 0 saturated heterocycles. The van der Waals surface area contributed by atoms with Gasteiger partial charge in [0.2, 0.25) is 0 Å². The molecule has 0 radical (unpaired) electrons. The highest BCUT2D eigenvalue weighted by Crippen LogP contribution is 2.60. The Hall–Kier alpha value is -0.880. The number of halogens is 5. The number of aliphatic hydroxyl groups excluding tert-OH is 1. The molecule has 0 aromatic heterocycles. The number of aliphatic hydroxyl groups is 1. The maximum absolute atomic E-state index is 12.6. The summed E-state index contributed by atoms with van der Waals surface area (Å²) in [5.41, 5.74) is 0. The van der Waals surface area contributed by atoms with Gasteiger partial charge in [-0.2, -0.15) is 23.2 Å². The number of hydrogen-bond donors (Lipinski definition) is 1. The molecule has 1 N–H and O–H groups in total. The van der Waals surface area contributed by atoms with Gasteiger partial charge in [-0.25, -0.2) is 0 Å². The van der Waals surface area contributed by atoms with Crippen LogP contribution in [0.5, 0.6) is 0 Å². The topological polar surface area (TPSA) is 20.2 Å². The molecule has 0 fully saturated rings. The van der Waals surface area contributed by atoms with Gasteiger partial charge in [0, 0.05) is 15.8 Å². The van der Waals surface area contributed by atoms with Crippen LogP contribution in [0.1, 0.15) is 6.42 Å². The van der Waals surface area contributed by atoms with E-state index in [4.69, 9.17) is 23.2 Å². The maximum atomic E-state index is 12.6. The van der Waals surface area contributed by atoms with E-state index in [2.05, 4.69) is 0 Å². The molecule has 1 unspecified atom stereocenters. The Kier molecular flexibility index (Phi) is 6.13. The highest BCUT2D eigenvalue weighted by molar-refractivity contribution is 8.33. The van der Waals surface area contributed by atoms with Crippen LogP contribution in [-0.4, -0.2) is 29.4 Å². The number of rotatable bonds is 5. The highest BCUT2D eigenvalue weighted by atomic mass is 35.5. The van der Waals surface area contributed by atoms with E-state index < -0.39 is 28.7 Å². The maximum Gasteiger partial charge on any atom is 0.391 e. The van der Waals surface area contributed by atoms with Crippen molar-refractivity contribution in [1.82, 2.24) is 0 Å². The fraction of sp³-hybridized carbons (Fsp3) is 0.294. The van der Waals surface area contributed by atoms with Crippen molar-refractivity contribution >= 4 is 33.2 Å². The van der Waals surface area contributed by atoms with Gasteiger partial charge >= 0.3 is 6.18 Å². The lowest BCUT2D eigenvalue weighted by Crippen LogP contribution is -2.25. The Labute approximate surface area is 150 Å². The summed E-state index contributed by atoms with van der Waals surface area (Å²) in [6, 6.07) is 14.0. The van der Waals surface area contributed by atoms with Crippen molar-refractivity contribution in [2.24, 2.45) is 0 Å². The normalized spacial score (nSPS) is 14.5. The second kappa shape index (κ2) is 7.56. The Morgan fingerprint density at radius 1 is 0.917 bits per heavy atom. The zero-order valence-electron chi connectivity index (χ0n) is 12.9. The van der Waals surface area contributed by atoms with Crippen LogP contribution in [0, 0.1) is 0 Å². The average molecular weight is 397 g/mol. The molecule has 0 aliphatic rings. The molecule has 132 valence electrons. The number of alkyl halides is 3. The van der Waals surface area contributed by atoms with Crippen molar-refractivity contribution in [3.63, 3.8) is 0 Å². The van der Waals surface area contributed by atoms with Gasteiger partial charge in [0.15, 0.2) is 0 Å². The summed E-state index contributed by atoms with van der Waals surface area (Å²) in [5, 5.41) is 11.1. The van der Waals surface area contributed by atoms with E-state index in [-0.39, 0.29) is 5.75 Å². The summed E-state index contributed by atoms with van der Waals surface area (Å²) in [4.78, 5) is 1.71. The Balaban J connectivity index is 2.40. The molecule has 2 aromatic carbocycles. The van der Waals surface area contributed by atoms with E-state index in [1.165, 1.54) is 0 Å². The minimum Gasteiger partial charge on any atom is -0.392 e. The lowest BCUT2D eigenvalue weighted by atomic mass is 10.3. The molecular formula is C17H17Cl2F3OS. The van der Waals surface area contributed by atoms with Gasteiger partial charge in [-0.15, -0.1) is 0 Å². The molecule has 0 amide bonds. The van der Waals surface area contributed by atoms with E-state index in [1.807, 2.05) is 6.26 Å². The fourth-order valence-electron chi connectivity index (χ4n) is 2.51. The van der Waals surface area contributed by atoms with Crippen LogP contribution < -0.4 is 0 Å². The fourth-order valence-corrected chi connectivity index (χ4v) is 5.78. The standard InChI is InChI=1S/C17H17Cl2F3OS/c1-24(11-14(23)10-17(20,21)22,15-6-2-12(18)3-7-15)16-8-4-13(19)5-9-16/h2-9,14,23H,10-11H2,1H3. The van der Waals surface area contributed by atoms with Gasteiger partial charge in [-0.1, -0.05) is 23.2 Å². The second-order valence-corrected chi connectivity index (χ2v) is 9.96. The Bertz CT molecular complexity index is 626. The van der Waals surface area contributed by atoms with E-state index in [1.54, 1.807) is 48.5 Å². The van der Waals surface area contributed by atoms with E-state index >= 15 is 0 Å². The predicted octanol–water partition coefficient (Wildman–Crippen LogP) is 6.16. The first-order chi connectivity index (χ1) is 11.1. The largest absolute Gasteiger partial charge is 0.392 e. The molecule has 0 saturated carbocycles. The smallest absolute Gasteiger partial charge is 0.391 e. The van der Waals surface area contributed by atoms with Crippen molar-refractivity contribution < 1.29 is 18.3 Å². The predicted molar refractivity (Wildman–Crippen MR) is 94.5 cm³/mol. The van der Waals surface area contributed by atoms with Crippen molar-refractivity contribution in [1.29, 1.82) is 0 Å². The van der Waals surface area contributed by atoms with Gasteiger partial charge in [-0.05, 0) is 64.6 Å². The van der Waals surface area contributed by atoms with Crippen LogP contribution in [-0.2, 0) is 0 Å². The van der Waals surface area contributed by atoms with E-state index in [0.29, 0.717) is 10.0 Å². The molecular weight excluding hydrogens is 380 g/mol. The third-order valence-corrected chi connectivity index (χ3v) is 7.84. The summed E-state index contributed by atoms with van der Waals surface area (Å²) in [5.74, 6) is 0.00970. The zero-order chi connectivity index (χ0) is 18.0. The third kappa shape index (κ3) is 5.06. The van der Waals surface area contributed by atoms with E-state index in [0.717, 1.165) is 9.79 Å². The molecule has 1 nitrogen and oxygen atoms in total. The zero-order valence-corrected chi connectivity index (χ0v) is 15.2. The lowest BCUT2D eigenvalue weighted by Gasteiger charge is -2.39. The van der Waals surface area contributed by atoms with Crippen molar-refractivity contribution in [3.8, 4) is 0 Å². The van der Waals surface area contributed by atoms with Crippen LogP contribution in [0.25, 0.3) is 0 Å². The minimum atomic E-state index is -4.40. The summed E-state index contributed by atoms with van der Waals surface area (Å²) in [6.07, 6.45) is -5.22. The molecule has 2 rings (SSSR count). The molecule has 0 heterocycles. The van der Waals surface area contributed by atoms with Crippen LogP contribution in [0.15, 0.2) is 58.3 Å². The molecule has 0 bridgehead atoms. The quantitative estimate of drug-likeness (QED) is 0.641. The van der Waals surface area contributed by atoms with Gasteiger partial charge in [0.25, 0.3) is 0 Å². The van der Waals surface area contributed by atoms with Crippen molar-refractivity contribution in [3.05, 3.63) is 58.6 Å². The van der Waals surface area contributed by atoms with Crippen LogP contribution in [0.4, 0.5) is 13.2 Å². The van der Waals surface area contributed by atoms with E-state index in [9.17, 15) is 18.3 Å². The van der Waals surface area contributed by atoms with Gasteiger partial charge < -0.3 is 5.11 Å². The average Bonchev–Trinajstić information content (AvgIpc) is 2.46. The SMILES string of the molecule is CS(CC(O)CC(F)(F)F)(c1ccc(Cl)cc1)c1ccc(Cl)cc1. The lowest BCUT2D eigenvalue weighted by molar-refractivity contribution is -0.150. The van der Waals surface area contributed by atoms with Crippen molar-refractivity contribution in [2.45, 2.75) is 28.5 Å². The molecule has 0 aliphatic carbocycles. The molecule has 7 heteroatoms. The van der Waals surface area contributed by atoms with Gasteiger partial charge in [-0.3, -0.25) is 0 Å². The minimum absolute atomic E-state index is 0.00970. The first kappa shape index (κ1) is 19.4. The summed E-state index contributed by atoms with van der Waals surface area (Å²) in [7, 11) is -1.87. The monoisotopic (exact) mass is 396 g/mol. The number of hydrogen-bond acceptors (Lipinski definition) is 1. The molecule has 2 aromatic rings. The molecule has 1 atom stereocenters. The third-order valence-electron chi connectivity index (χ3n) is 3.66. The van der Waals surface area contributed by atoms with Crippen LogP contribution in [0.2, 0.25) is 10.0 Å². The highest BCUT2D eigenvalue weighted by Gasteiger charge is 2.35. The number of benzene rings is 2. The van der Waals surface area contributed by atoms with Crippen LogP contribution >= 0.6 is 33.2 Å². The molecule has 0 spiro atoms.